The fraction of sp³-hybridized carbons (Fsp3) is 0.500. The van der Waals surface area contributed by atoms with Crippen molar-refractivity contribution in [1.29, 1.82) is 0 Å². The van der Waals surface area contributed by atoms with E-state index in [9.17, 15) is 4.79 Å². The number of carbonyl (C=O) groups excluding carboxylic acids is 1. The van der Waals surface area contributed by atoms with Crippen molar-refractivity contribution < 1.29 is 14.3 Å². The number of ether oxygens (including phenoxy) is 2. The van der Waals surface area contributed by atoms with Gasteiger partial charge in [0, 0.05) is 30.4 Å². The van der Waals surface area contributed by atoms with Crippen LogP contribution in [0.25, 0.3) is 0 Å². The van der Waals surface area contributed by atoms with E-state index in [0.29, 0.717) is 23.7 Å². The summed E-state index contributed by atoms with van der Waals surface area (Å²) in [5.74, 6) is 1.33. The Bertz CT molecular complexity index is 446. The van der Waals surface area contributed by atoms with Crippen LogP contribution >= 0.6 is 0 Å². The Morgan fingerprint density at radius 3 is 2.37 bits per heavy atom. The van der Waals surface area contributed by atoms with Gasteiger partial charge in [0.25, 0.3) is 0 Å². The molecule has 0 bridgehead atoms. The van der Waals surface area contributed by atoms with Gasteiger partial charge >= 0.3 is 0 Å². The monoisotopic (exact) mass is 264 g/mol. The Balaban J connectivity index is 2.16. The molecule has 0 spiro atoms. The normalized spacial score (nSPS) is 22.1. The molecule has 1 amide bonds. The molecule has 1 aromatic rings. The van der Waals surface area contributed by atoms with Crippen molar-refractivity contribution in [2.24, 2.45) is 5.41 Å². The van der Waals surface area contributed by atoms with Crippen LogP contribution in [0.1, 0.15) is 13.3 Å². The number of nitrogens with one attached hydrogen (secondary N) is 2. The lowest BCUT2D eigenvalue weighted by atomic mass is 9.89. The van der Waals surface area contributed by atoms with Gasteiger partial charge in [0.1, 0.15) is 11.5 Å². The molecule has 1 saturated heterocycles. The summed E-state index contributed by atoms with van der Waals surface area (Å²) in [4.78, 5) is 12.3. The van der Waals surface area contributed by atoms with Crippen molar-refractivity contribution in [2.75, 3.05) is 32.6 Å². The molecule has 19 heavy (non-hydrogen) atoms. The average molecular weight is 264 g/mol. The molecular weight excluding hydrogens is 244 g/mol. The molecule has 5 nitrogen and oxygen atoms in total. The van der Waals surface area contributed by atoms with Crippen LogP contribution in [0.15, 0.2) is 18.2 Å². The predicted octanol–water partition coefficient (Wildman–Crippen LogP) is 1.64. The second-order valence-electron chi connectivity index (χ2n) is 5.04. The van der Waals surface area contributed by atoms with E-state index in [4.69, 9.17) is 9.47 Å². The van der Waals surface area contributed by atoms with Gasteiger partial charge in [-0.3, -0.25) is 4.79 Å². The van der Waals surface area contributed by atoms with Gasteiger partial charge in [0.15, 0.2) is 0 Å². The van der Waals surface area contributed by atoms with Crippen LogP contribution < -0.4 is 20.1 Å². The number of methoxy groups -OCH3 is 2. The molecule has 0 saturated carbocycles. The third-order valence-electron chi connectivity index (χ3n) is 3.53. The van der Waals surface area contributed by atoms with Gasteiger partial charge < -0.3 is 20.1 Å². The van der Waals surface area contributed by atoms with Crippen molar-refractivity contribution in [3.05, 3.63) is 18.2 Å². The lowest BCUT2D eigenvalue weighted by Crippen LogP contribution is -2.35. The van der Waals surface area contributed by atoms with Crippen LogP contribution in [0.5, 0.6) is 11.5 Å². The molecule has 1 aliphatic rings. The molecule has 5 heteroatoms. The van der Waals surface area contributed by atoms with Crippen LogP contribution in [0.4, 0.5) is 5.69 Å². The molecule has 1 aliphatic heterocycles. The summed E-state index contributed by atoms with van der Waals surface area (Å²) in [6, 6.07) is 5.34. The Morgan fingerprint density at radius 1 is 1.26 bits per heavy atom. The summed E-state index contributed by atoms with van der Waals surface area (Å²) in [5.41, 5.74) is 0.338. The lowest BCUT2D eigenvalue weighted by molar-refractivity contribution is -0.123. The quantitative estimate of drug-likeness (QED) is 0.868. The van der Waals surface area contributed by atoms with Crippen molar-refractivity contribution in [2.45, 2.75) is 13.3 Å². The summed E-state index contributed by atoms with van der Waals surface area (Å²) in [7, 11) is 3.17. The van der Waals surface area contributed by atoms with Gasteiger partial charge in [-0.05, 0) is 19.9 Å². The predicted molar refractivity (Wildman–Crippen MR) is 73.8 cm³/mol. The van der Waals surface area contributed by atoms with E-state index in [-0.39, 0.29) is 11.3 Å². The Hall–Kier alpha value is -1.75. The minimum absolute atomic E-state index is 0.0211. The molecule has 2 rings (SSSR count). The van der Waals surface area contributed by atoms with Crippen LogP contribution in [-0.4, -0.2) is 33.2 Å². The third kappa shape index (κ3) is 2.98. The SMILES string of the molecule is COc1cc(NC(=O)C2(C)CCNC2)cc(OC)c1. The van der Waals surface area contributed by atoms with E-state index < -0.39 is 0 Å². The average Bonchev–Trinajstić information content (AvgIpc) is 2.86. The molecule has 1 unspecified atom stereocenters. The van der Waals surface area contributed by atoms with Gasteiger partial charge in [0.2, 0.25) is 5.91 Å². The van der Waals surface area contributed by atoms with Crippen molar-refractivity contribution >= 4 is 11.6 Å². The third-order valence-corrected chi connectivity index (χ3v) is 3.53. The number of anilines is 1. The second kappa shape index (κ2) is 5.48. The van der Waals surface area contributed by atoms with Gasteiger partial charge in [-0.25, -0.2) is 0 Å². The fourth-order valence-electron chi connectivity index (χ4n) is 2.17. The van der Waals surface area contributed by atoms with Crippen LogP contribution in [0, 0.1) is 5.41 Å². The second-order valence-corrected chi connectivity index (χ2v) is 5.04. The maximum Gasteiger partial charge on any atom is 0.231 e. The highest BCUT2D eigenvalue weighted by molar-refractivity contribution is 5.95. The molecule has 1 fully saturated rings. The number of rotatable bonds is 4. The first-order valence-corrected chi connectivity index (χ1v) is 6.33. The van der Waals surface area contributed by atoms with E-state index in [2.05, 4.69) is 10.6 Å². The van der Waals surface area contributed by atoms with E-state index in [1.54, 1.807) is 32.4 Å². The molecule has 1 atom stereocenters. The maximum absolute atomic E-state index is 12.3. The first kappa shape index (κ1) is 13.7. The molecule has 1 aromatic carbocycles. The zero-order valence-corrected chi connectivity index (χ0v) is 11.6. The lowest BCUT2D eigenvalue weighted by Gasteiger charge is -2.21. The van der Waals surface area contributed by atoms with Crippen LogP contribution in [0.3, 0.4) is 0 Å². The zero-order valence-electron chi connectivity index (χ0n) is 11.6. The number of amides is 1. The minimum Gasteiger partial charge on any atom is -0.497 e. The highest BCUT2D eigenvalue weighted by Crippen LogP contribution is 2.29. The van der Waals surface area contributed by atoms with E-state index in [1.165, 1.54) is 0 Å². The highest BCUT2D eigenvalue weighted by atomic mass is 16.5. The number of hydrogen-bond donors (Lipinski definition) is 2. The molecule has 1 heterocycles. The largest absolute Gasteiger partial charge is 0.497 e. The summed E-state index contributed by atoms with van der Waals surface area (Å²) >= 11 is 0. The van der Waals surface area contributed by atoms with Crippen molar-refractivity contribution in [3.8, 4) is 11.5 Å². The summed E-state index contributed by atoms with van der Waals surface area (Å²) in [5, 5.41) is 6.15. The van der Waals surface area contributed by atoms with Crippen LogP contribution in [-0.2, 0) is 4.79 Å². The zero-order chi connectivity index (χ0) is 13.9. The molecular formula is C14H20N2O3. The Kier molecular flexibility index (Phi) is 3.95. The van der Waals surface area contributed by atoms with Crippen molar-refractivity contribution in [3.63, 3.8) is 0 Å². The summed E-state index contributed by atoms with van der Waals surface area (Å²) < 4.78 is 10.4. The summed E-state index contributed by atoms with van der Waals surface area (Å²) in [6.07, 6.45) is 0.847. The first-order chi connectivity index (χ1) is 9.07. The number of carbonyl (C=O) groups is 1. The van der Waals surface area contributed by atoms with E-state index in [0.717, 1.165) is 13.0 Å². The molecule has 0 aliphatic carbocycles. The first-order valence-electron chi connectivity index (χ1n) is 6.33. The van der Waals surface area contributed by atoms with Crippen molar-refractivity contribution in [1.82, 2.24) is 5.32 Å². The van der Waals surface area contributed by atoms with Gasteiger partial charge in [0.05, 0.1) is 19.6 Å². The van der Waals surface area contributed by atoms with Gasteiger partial charge in [-0.2, -0.15) is 0 Å². The van der Waals surface area contributed by atoms with E-state index in [1.807, 2.05) is 6.92 Å². The number of benzene rings is 1. The smallest absolute Gasteiger partial charge is 0.231 e. The molecule has 104 valence electrons. The molecule has 2 N–H and O–H groups in total. The Morgan fingerprint density at radius 2 is 1.89 bits per heavy atom. The number of hydrogen-bond acceptors (Lipinski definition) is 4. The highest BCUT2D eigenvalue weighted by Gasteiger charge is 2.36. The van der Waals surface area contributed by atoms with Crippen LogP contribution in [0.2, 0.25) is 0 Å². The fourth-order valence-corrected chi connectivity index (χ4v) is 2.17. The molecule has 0 radical (unpaired) electrons. The maximum atomic E-state index is 12.3. The van der Waals surface area contributed by atoms with E-state index >= 15 is 0 Å². The minimum atomic E-state index is -0.351. The summed E-state index contributed by atoms with van der Waals surface area (Å²) in [6.45, 7) is 3.56. The standard InChI is InChI=1S/C14H20N2O3/c1-14(4-5-15-9-14)13(17)16-10-6-11(18-2)8-12(7-10)19-3/h6-8,15H,4-5,9H2,1-3H3,(H,16,17). The van der Waals surface area contributed by atoms with Gasteiger partial charge in [-0.1, -0.05) is 0 Å². The molecule has 0 aromatic heterocycles. The Labute approximate surface area is 113 Å². The van der Waals surface area contributed by atoms with Gasteiger partial charge in [-0.15, -0.1) is 0 Å². The topological polar surface area (TPSA) is 59.6 Å².